The standard InChI is InChI=1S/C9H16N2O4/c1-7(11(15)9(13)14)6-10-5-3-2-4-8(10)12/h7,15H,2-6H2,1H3,(H,13,14). The van der Waals surface area contributed by atoms with Crippen LogP contribution in [-0.4, -0.2) is 51.4 Å². The van der Waals surface area contributed by atoms with Gasteiger partial charge in [-0.05, 0) is 19.8 Å². The van der Waals surface area contributed by atoms with Crippen LogP contribution in [-0.2, 0) is 4.79 Å². The molecule has 1 atom stereocenters. The molecule has 1 unspecified atom stereocenters. The first-order chi connectivity index (χ1) is 7.02. The van der Waals surface area contributed by atoms with Gasteiger partial charge in [0.15, 0.2) is 0 Å². The Morgan fingerprint density at radius 2 is 2.27 bits per heavy atom. The summed E-state index contributed by atoms with van der Waals surface area (Å²) < 4.78 is 0. The lowest BCUT2D eigenvalue weighted by molar-refractivity contribution is -0.138. The quantitative estimate of drug-likeness (QED) is 0.539. The normalized spacial score (nSPS) is 18.8. The zero-order valence-corrected chi connectivity index (χ0v) is 8.72. The third-order valence-corrected chi connectivity index (χ3v) is 2.52. The summed E-state index contributed by atoms with van der Waals surface area (Å²) in [5.74, 6) is 0.0342. The molecule has 0 spiro atoms. The summed E-state index contributed by atoms with van der Waals surface area (Å²) in [6.07, 6.45) is 0.958. The molecule has 15 heavy (non-hydrogen) atoms. The molecule has 0 aromatic heterocycles. The van der Waals surface area contributed by atoms with Crippen molar-refractivity contribution in [2.75, 3.05) is 13.1 Å². The van der Waals surface area contributed by atoms with E-state index >= 15 is 0 Å². The SMILES string of the molecule is CC(CN1CCCCC1=O)N(O)C(=O)O. The van der Waals surface area contributed by atoms with E-state index in [0.717, 1.165) is 12.8 Å². The zero-order valence-electron chi connectivity index (χ0n) is 8.72. The predicted octanol–water partition coefficient (Wildman–Crippen LogP) is 0.757. The number of rotatable bonds is 3. The lowest BCUT2D eigenvalue weighted by atomic mass is 10.1. The summed E-state index contributed by atoms with van der Waals surface area (Å²) in [5.41, 5.74) is 0. The van der Waals surface area contributed by atoms with E-state index in [9.17, 15) is 9.59 Å². The number of amides is 2. The Morgan fingerprint density at radius 3 is 2.80 bits per heavy atom. The lowest BCUT2D eigenvalue weighted by Crippen LogP contribution is -2.46. The van der Waals surface area contributed by atoms with E-state index in [1.54, 1.807) is 11.8 Å². The van der Waals surface area contributed by atoms with Gasteiger partial charge < -0.3 is 10.0 Å². The fourth-order valence-electron chi connectivity index (χ4n) is 1.64. The van der Waals surface area contributed by atoms with E-state index in [2.05, 4.69) is 0 Å². The Morgan fingerprint density at radius 1 is 1.60 bits per heavy atom. The first-order valence-electron chi connectivity index (χ1n) is 5.01. The molecule has 0 radical (unpaired) electrons. The monoisotopic (exact) mass is 216 g/mol. The van der Waals surface area contributed by atoms with Crippen LogP contribution in [0.1, 0.15) is 26.2 Å². The fraction of sp³-hybridized carbons (Fsp3) is 0.778. The van der Waals surface area contributed by atoms with Crippen molar-refractivity contribution in [3.05, 3.63) is 0 Å². The van der Waals surface area contributed by atoms with E-state index in [1.165, 1.54) is 0 Å². The van der Waals surface area contributed by atoms with Crippen molar-refractivity contribution in [3.63, 3.8) is 0 Å². The third-order valence-electron chi connectivity index (χ3n) is 2.52. The average molecular weight is 216 g/mol. The number of carbonyl (C=O) groups is 2. The van der Waals surface area contributed by atoms with Gasteiger partial charge in [-0.3, -0.25) is 10.0 Å². The van der Waals surface area contributed by atoms with Crippen LogP contribution in [0.2, 0.25) is 0 Å². The van der Waals surface area contributed by atoms with E-state index in [-0.39, 0.29) is 17.5 Å². The highest BCUT2D eigenvalue weighted by molar-refractivity contribution is 5.76. The summed E-state index contributed by atoms with van der Waals surface area (Å²) >= 11 is 0. The molecule has 1 fully saturated rings. The van der Waals surface area contributed by atoms with Crippen LogP contribution in [0.5, 0.6) is 0 Å². The second-order valence-electron chi connectivity index (χ2n) is 3.77. The van der Waals surface area contributed by atoms with Gasteiger partial charge >= 0.3 is 6.09 Å². The number of likely N-dealkylation sites (tertiary alicyclic amines) is 1. The van der Waals surface area contributed by atoms with E-state index in [1.807, 2.05) is 0 Å². The zero-order chi connectivity index (χ0) is 11.4. The summed E-state index contributed by atoms with van der Waals surface area (Å²) in [5, 5.41) is 17.9. The molecule has 2 N–H and O–H groups in total. The minimum atomic E-state index is -1.40. The molecule has 1 heterocycles. The van der Waals surface area contributed by atoms with Gasteiger partial charge in [0, 0.05) is 19.5 Å². The summed E-state index contributed by atoms with van der Waals surface area (Å²) in [6, 6.07) is -0.593. The number of hydrogen-bond donors (Lipinski definition) is 2. The first kappa shape index (κ1) is 11.8. The summed E-state index contributed by atoms with van der Waals surface area (Å²) in [4.78, 5) is 23.4. The second-order valence-corrected chi connectivity index (χ2v) is 3.77. The van der Waals surface area contributed by atoms with Crippen LogP contribution in [0.4, 0.5) is 4.79 Å². The molecule has 1 aliphatic heterocycles. The molecule has 0 aliphatic carbocycles. The van der Waals surface area contributed by atoms with Gasteiger partial charge in [0.05, 0.1) is 6.04 Å². The van der Waals surface area contributed by atoms with Gasteiger partial charge in [0.1, 0.15) is 0 Å². The van der Waals surface area contributed by atoms with E-state index < -0.39 is 12.1 Å². The maximum absolute atomic E-state index is 11.4. The Balaban J connectivity index is 2.45. The van der Waals surface area contributed by atoms with Crippen LogP contribution >= 0.6 is 0 Å². The highest BCUT2D eigenvalue weighted by atomic mass is 16.6. The minimum Gasteiger partial charge on any atom is -0.463 e. The first-order valence-corrected chi connectivity index (χ1v) is 5.01. The molecule has 86 valence electrons. The molecule has 0 aromatic carbocycles. The van der Waals surface area contributed by atoms with Crippen LogP contribution in [0.25, 0.3) is 0 Å². The number of carboxylic acid groups (broad SMARTS) is 1. The Hall–Kier alpha value is -1.30. The number of carbonyl (C=O) groups excluding carboxylic acids is 1. The third kappa shape index (κ3) is 3.09. The average Bonchev–Trinajstić information content (AvgIpc) is 2.20. The van der Waals surface area contributed by atoms with Crippen molar-refractivity contribution < 1.29 is 19.9 Å². The van der Waals surface area contributed by atoms with Gasteiger partial charge in [0.2, 0.25) is 5.91 Å². The second kappa shape index (κ2) is 4.97. The minimum absolute atomic E-state index is 0.0342. The molecule has 0 aromatic rings. The molecule has 0 saturated carbocycles. The molecular weight excluding hydrogens is 200 g/mol. The van der Waals surface area contributed by atoms with Gasteiger partial charge in [-0.15, -0.1) is 0 Å². The van der Waals surface area contributed by atoms with Gasteiger partial charge in [0.25, 0.3) is 0 Å². The van der Waals surface area contributed by atoms with Crippen LogP contribution < -0.4 is 0 Å². The topological polar surface area (TPSA) is 81.1 Å². The molecule has 6 heteroatoms. The highest BCUT2D eigenvalue weighted by Crippen LogP contribution is 2.11. The summed E-state index contributed by atoms with van der Waals surface area (Å²) in [7, 11) is 0. The molecule has 1 aliphatic rings. The van der Waals surface area contributed by atoms with Crippen LogP contribution in [0, 0.1) is 0 Å². The molecule has 0 bridgehead atoms. The van der Waals surface area contributed by atoms with Crippen molar-refractivity contribution in [2.45, 2.75) is 32.2 Å². The van der Waals surface area contributed by atoms with E-state index in [4.69, 9.17) is 10.3 Å². The molecule has 6 nitrogen and oxygen atoms in total. The van der Waals surface area contributed by atoms with Crippen LogP contribution in [0.15, 0.2) is 0 Å². The van der Waals surface area contributed by atoms with Crippen molar-refractivity contribution in [3.8, 4) is 0 Å². The van der Waals surface area contributed by atoms with Gasteiger partial charge in [-0.25, -0.2) is 4.79 Å². The van der Waals surface area contributed by atoms with Crippen molar-refractivity contribution in [1.29, 1.82) is 0 Å². The number of piperidine rings is 1. The Labute approximate surface area is 88.0 Å². The number of hydroxylamine groups is 2. The molecule has 2 amide bonds. The summed E-state index contributed by atoms with van der Waals surface area (Å²) in [6.45, 7) is 2.47. The molecule has 1 saturated heterocycles. The number of nitrogens with zero attached hydrogens (tertiary/aromatic N) is 2. The van der Waals surface area contributed by atoms with Gasteiger partial charge in [-0.1, -0.05) is 0 Å². The molecular formula is C9H16N2O4. The Bertz CT molecular complexity index is 256. The maximum Gasteiger partial charge on any atom is 0.431 e. The number of hydrogen-bond acceptors (Lipinski definition) is 3. The van der Waals surface area contributed by atoms with Crippen molar-refractivity contribution in [2.24, 2.45) is 0 Å². The lowest BCUT2D eigenvalue weighted by Gasteiger charge is -2.31. The molecule has 1 rings (SSSR count). The Kier molecular flexibility index (Phi) is 3.90. The van der Waals surface area contributed by atoms with Crippen LogP contribution in [0.3, 0.4) is 0 Å². The van der Waals surface area contributed by atoms with Crippen molar-refractivity contribution >= 4 is 12.0 Å². The van der Waals surface area contributed by atoms with E-state index in [0.29, 0.717) is 13.0 Å². The maximum atomic E-state index is 11.4. The smallest absolute Gasteiger partial charge is 0.431 e. The largest absolute Gasteiger partial charge is 0.463 e. The van der Waals surface area contributed by atoms with Gasteiger partial charge in [-0.2, -0.15) is 5.06 Å². The van der Waals surface area contributed by atoms with Crippen molar-refractivity contribution in [1.82, 2.24) is 9.96 Å². The fourth-order valence-corrected chi connectivity index (χ4v) is 1.64. The highest BCUT2D eigenvalue weighted by Gasteiger charge is 2.24. The predicted molar refractivity (Wildman–Crippen MR) is 51.5 cm³/mol.